The van der Waals surface area contributed by atoms with E-state index in [9.17, 15) is 4.79 Å². The van der Waals surface area contributed by atoms with Crippen molar-refractivity contribution in [3.63, 3.8) is 0 Å². The van der Waals surface area contributed by atoms with E-state index in [0.29, 0.717) is 6.04 Å². The van der Waals surface area contributed by atoms with Gasteiger partial charge in [-0.05, 0) is 39.3 Å². The van der Waals surface area contributed by atoms with Gasteiger partial charge in [-0.15, -0.1) is 0 Å². The number of hydrogen-bond donors (Lipinski definition) is 1. The lowest BCUT2D eigenvalue weighted by molar-refractivity contribution is -0.119. The summed E-state index contributed by atoms with van der Waals surface area (Å²) in [5.74, 6) is 0.0798. The smallest absolute Gasteiger partial charge is 0.217 e. The van der Waals surface area contributed by atoms with Gasteiger partial charge in [0, 0.05) is 19.5 Å². The minimum atomic E-state index is 0.0798. The van der Waals surface area contributed by atoms with Crippen molar-refractivity contribution in [3.8, 4) is 0 Å². The van der Waals surface area contributed by atoms with Gasteiger partial charge in [-0.3, -0.25) is 4.79 Å². The van der Waals surface area contributed by atoms with Crippen LogP contribution in [0, 0.1) is 0 Å². The fourth-order valence-corrected chi connectivity index (χ4v) is 1.98. The van der Waals surface area contributed by atoms with Crippen molar-refractivity contribution in [1.29, 1.82) is 0 Å². The van der Waals surface area contributed by atoms with E-state index in [2.05, 4.69) is 17.1 Å². The topological polar surface area (TPSA) is 32.3 Å². The molecule has 0 aromatic carbocycles. The van der Waals surface area contributed by atoms with E-state index >= 15 is 0 Å². The number of amides is 1. The van der Waals surface area contributed by atoms with Crippen LogP contribution >= 0.6 is 0 Å². The van der Waals surface area contributed by atoms with Gasteiger partial charge in [0.2, 0.25) is 5.91 Å². The third kappa shape index (κ3) is 4.61. The van der Waals surface area contributed by atoms with Gasteiger partial charge in [-0.2, -0.15) is 0 Å². The second-order valence-corrected chi connectivity index (χ2v) is 4.29. The molecular formula is C11H22N2O. The second-order valence-electron chi connectivity index (χ2n) is 4.29. The minimum absolute atomic E-state index is 0.0798. The molecule has 1 aliphatic rings. The number of carbonyl (C=O) groups is 1. The Hall–Kier alpha value is -0.570. The van der Waals surface area contributed by atoms with E-state index in [1.165, 1.54) is 32.4 Å². The Morgan fingerprint density at radius 3 is 2.57 bits per heavy atom. The predicted molar refractivity (Wildman–Crippen MR) is 58.2 cm³/mol. The third-order valence-electron chi connectivity index (χ3n) is 2.78. The van der Waals surface area contributed by atoms with E-state index in [1.807, 2.05) is 0 Å². The SMILES string of the molecule is CC(=O)NC(C)CCN1CCCCC1. The molecule has 0 spiro atoms. The first-order valence-corrected chi connectivity index (χ1v) is 5.68. The maximum atomic E-state index is 10.8. The minimum Gasteiger partial charge on any atom is -0.354 e. The summed E-state index contributed by atoms with van der Waals surface area (Å²) in [5, 5.41) is 2.92. The number of piperidine rings is 1. The zero-order chi connectivity index (χ0) is 10.4. The van der Waals surface area contributed by atoms with Crippen molar-refractivity contribution in [2.24, 2.45) is 0 Å². The largest absolute Gasteiger partial charge is 0.354 e. The quantitative estimate of drug-likeness (QED) is 0.740. The standard InChI is InChI=1S/C11H22N2O/c1-10(12-11(2)14)6-9-13-7-4-3-5-8-13/h10H,3-9H2,1-2H3,(H,12,14). The van der Waals surface area contributed by atoms with E-state index in [1.54, 1.807) is 6.92 Å². The van der Waals surface area contributed by atoms with Crippen molar-refractivity contribution in [3.05, 3.63) is 0 Å². The highest BCUT2D eigenvalue weighted by atomic mass is 16.1. The Balaban J connectivity index is 2.09. The first kappa shape index (κ1) is 11.5. The van der Waals surface area contributed by atoms with Gasteiger partial charge in [0.25, 0.3) is 0 Å². The lowest BCUT2D eigenvalue weighted by atomic mass is 10.1. The molecule has 1 amide bonds. The van der Waals surface area contributed by atoms with Gasteiger partial charge >= 0.3 is 0 Å². The van der Waals surface area contributed by atoms with Gasteiger partial charge in [0.15, 0.2) is 0 Å². The number of hydrogen-bond acceptors (Lipinski definition) is 2. The first-order valence-electron chi connectivity index (χ1n) is 5.68. The van der Waals surface area contributed by atoms with Crippen LogP contribution in [0.3, 0.4) is 0 Å². The molecule has 0 saturated carbocycles. The Morgan fingerprint density at radius 1 is 1.36 bits per heavy atom. The summed E-state index contributed by atoms with van der Waals surface area (Å²) in [6.07, 6.45) is 5.14. The molecular weight excluding hydrogens is 176 g/mol. The summed E-state index contributed by atoms with van der Waals surface area (Å²) in [6, 6.07) is 0.314. The molecule has 0 bridgehead atoms. The zero-order valence-electron chi connectivity index (χ0n) is 9.38. The van der Waals surface area contributed by atoms with Crippen LogP contribution in [-0.4, -0.2) is 36.5 Å². The van der Waals surface area contributed by atoms with Crippen LogP contribution in [0.5, 0.6) is 0 Å². The highest BCUT2D eigenvalue weighted by Gasteiger charge is 2.11. The fourth-order valence-electron chi connectivity index (χ4n) is 1.98. The van der Waals surface area contributed by atoms with E-state index in [0.717, 1.165) is 13.0 Å². The summed E-state index contributed by atoms with van der Waals surface area (Å²) in [5.41, 5.74) is 0. The normalized spacial score (nSPS) is 20.4. The Labute approximate surface area is 86.9 Å². The van der Waals surface area contributed by atoms with Crippen LogP contribution in [0.1, 0.15) is 39.5 Å². The molecule has 0 radical (unpaired) electrons. The van der Waals surface area contributed by atoms with Gasteiger partial charge in [0.05, 0.1) is 0 Å². The summed E-state index contributed by atoms with van der Waals surface area (Å²) >= 11 is 0. The number of nitrogens with one attached hydrogen (secondary N) is 1. The maximum absolute atomic E-state index is 10.8. The van der Waals surface area contributed by atoms with E-state index in [-0.39, 0.29) is 5.91 Å². The van der Waals surface area contributed by atoms with E-state index in [4.69, 9.17) is 0 Å². The van der Waals surface area contributed by atoms with Crippen molar-refractivity contribution in [2.75, 3.05) is 19.6 Å². The van der Waals surface area contributed by atoms with Gasteiger partial charge in [0.1, 0.15) is 0 Å². The molecule has 3 heteroatoms. The predicted octanol–water partition coefficient (Wildman–Crippen LogP) is 1.39. The van der Waals surface area contributed by atoms with Crippen LogP contribution < -0.4 is 5.32 Å². The van der Waals surface area contributed by atoms with Gasteiger partial charge in [-0.1, -0.05) is 6.42 Å². The molecule has 1 aliphatic heterocycles. The summed E-state index contributed by atoms with van der Waals surface area (Å²) in [4.78, 5) is 13.3. The van der Waals surface area contributed by atoms with Crippen LogP contribution in [0.4, 0.5) is 0 Å². The monoisotopic (exact) mass is 198 g/mol. The number of carbonyl (C=O) groups excluding carboxylic acids is 1. The molecule has 1 saturated heterocycles. The molecule has 82 valence electrons. The van der Waals surface area contributed by atoms with Crippen LogP contribution in [0.25, 0.3) is 0 Å². The van der Waals surface area contributed by atoms with E-state index < -0.39 is 0 Å². The van der Waals surface area contributed by atoms with Crippen molar-refractivity contribution >= 4 is 5.91 Å². The molecule has 3 nitrogen and oxygen atoms in total. The zero-order valence-corrected chi connectivity index (χ0v) is 9.38. The molecule has 1 heterocycles. The number of rotatable bonds is 4. The molecule has 14 heavy (non-hydrogen) atoms. The van der Waals surface area contributed by atoms with Crippen molar-refractivity contribution < 1.29 is 4.79 Å². The Kier molecular flexibility index (Phi) is 4.94. The maximum Gasteiger partial charge on any atom is 0.217 e. The molecule has 0 aromatic rings. The van der Waals surface area contributed by atoms with Crippen LogP contribution in [0.2, 0.25) is 0 Å². The average Bonchev–Trinajstić information content (AvgIpc) is 2.15. The van der Waals surface area contributed by atoms with Crippen LogP contribution in [-0.2, 0) is 4.79 Å². The molecule has 1 rings (SSSR count). The first-order chi connectivity index (χ1) is 6.68. The third-order valence-corrected chi connectivity index (χ3v) is 2.78. The fraction of sp³-hybridized carbons (Fsp3) is 0.909. The highest BCUT2D eigenvalue weighted by molar-refractivity contribution is 5.73. The van der Waals surface area contributed by atoms with Gasteiger partial charge < -0.3 is 10.2 Å². The summed E-state index contributed by atoms with van der Waals surface area (Å²) < 4.78 is 0. The lowest BCUT2D eigenvalue weighted by Crippen LogP contribution is -2.36. The number of likely N-dealkylation sites (tertiary alicyclic amines) is 1. The Bertz CT molecular complexity index is 176. The Morgan fingerprint density at radius 2 is 2.00 bits per heavy atom. The molecule has 1 atom stereocenters. The molecule has 1 fully saturated rings. The van der Waals surface area contributed by atoms with Crippen LogP contribution in [0.15, 0.2) is 0 Å². The molecule has 1 N–H and O–H groups in total. The summed E-state index contributed by atoms with van der Waals surface area (Å²) in [7, 11) is 0. The van der Waals surface area contributed by atoms with Crippen molar-refractivity contribution in [1.82, 2.24) is 10.2 Å². The van der Waals surface area contributed by atoms with Gasteiger partial charge in [-0.25, -0.2) is 0 Å². The number of nitrogens with zero attached hydrogens (tertiary/aromatic N) is 1. The highest BCUT2D eigenvalue weighted by Crippen LogP contribution is 2.09. The molecule has 0 aliphatic carbocycles. The van der Waals surface area contributed by atoms with Crippen molar-refractivity contribution in [2.45, 2.75) is 45.6 Å². The average molecular weight is 198 g/mol. The molecule has 0 aromatic heterocycles. The second kappa shape index (κ2) is 6.02. The molecule has 1 unspecified atom stereocenters. The lowest BCUT2D eigenvalue weighted by Gasteiger charge is -2.27. The summed E-state index contributed by atoms with van der Waals surface area (Å²) in [6.45, 7) is 7.27.